The molecular formula is C10H9N3O2. The SMILES string of the molecule is Cn1ncc(-c2cccnc2)c1C(=O)O. The first-order valence-electron chi connectivity index (χ1n) is 4.36. The third-order valence-electron chi connectivity index (χ3n) is 2.11. The first-order valence-corrected chi connectivity index (χ1v) is 4.36. The Morgan fingerprint density at radius 2 is 2.27 bits per heavy atom. The van der Waals surface area contributed by atoms with E-state index in [9.17, 15) is 4.79 Å². The molecule has 1 N–H and O–H groups in total. The lowest BCUT2D eigenvalue weighted by atomic mass is 10.1. The van der Waals surface area contributed by atoms with Gasteiger partial charge in [-0.25, -0.2) is 4.79 Å². The Morgan fingerprint density at radius 1 is 1.47 bits per heavy atom. The molecule has 2 heterocycles. The lowest BCUT2D eigenvalue weighted by Gasteiger charge is -2.00. The zero-order valence-corrected chi connectivity index (χ0v) is 8.08. The van der Waals surface area contributed by atoms with Gasteiger partial charge in [0.25, 0.3) is 0 Å². The number of hydrogen-bond donors (Lipinski definition) is 1. The fourth-order valence-corrected chi connectivity index (χ4v) is 1.42. The van der Waals surface area contributed by atoms with Gasteiger partial charge in [-0.15, -0.1) is 0 Å². The van der Waals surface area contributed by atoms with Crippen LogP contribution in [0.1, 0.15) is 10.5 Å². The van der Waals surface area contributed by atoms with E-state index in [4.69, 9.17) is 5.11 Å². The number of aryl methyl sites for hydroxylation is 1. The average molecular weight is 203 g/mol. The number of carbonyl (C=O) groups is 1. The third kappa shape index (κ3) is 1.59. The Hall–Kier alpha value is -2.17. The van der Waals surface area contributed by atoms with E-state index >= 15 is 0 Å². The summed E-state index contributed by atoms with van der Waals surface area (Å²) in [6.45, 7) is 0. The summed E-state index contributed by atoms with van der Waals surface area (Å²) >= 11 is 0. The number of aromatic nitrogens is 3. The molecule has 0 aliphatic rings. The smallest absolute Gasteiger partial charge is 0.354 e. The molecule has 0 atom stereocenters. The van der Waals surface area contributed by atoms with E-state index in [1.165, 1.54) is 10.9 Å². The predicted octanol–water partition coefficient (Wildman–Crippen LogP) is 1.18. The van der Waals surface area contributed by atoms with Crippen LogP contribution in [0.3, 0.4) is 0 Å². The van der Waals surface area contributed by atoms with Crippen molar-refractivity contribution in [1.29, 1.82) is 0 Å². The van der Waals surface area contributed by atoms with Gasteiger partial charge in [0, 0.05) is 30.6 Å². The lowest BCUT2D eigenvalue weighted by Crippen LogP contribution is -2.06. The maximum absolute atomic E-state index is 11.0. The molecule has 5 nitrogen and oxygen atoms in total. The number of aromatic carboxylic acids is 1. The van der Waals surface area contributed by atoms with Gasteiger partial charge in [-0.2, -0.15) is 5.10 Å². The maximum atomic E-state index is 11.0. The summed E-state index contributed by atoms with van der Waals surface area (Å²) in [5, 5.41) is 12.9. The minimum absolute atomic E-state index is 0.169. The molecule has 0 unspecified atom stereocenters. The van der Waals surface area contributed by atoms with Crippen molar-refractivity contribution in [2.24, 2.45) is 7.05 Å². The molecular weight excluding hydrogens is 194 g/mol. The quantitative estimate of drug-likeness (QED) is 0.795. The zero-order chi connectivity index (χ0) is 10.8. The summed E-state index contributed by atoms with van der Waals surface area (Å²) in [6, 6.07) is 3.56. The first-order chi connectivity index (χ1) is 7.20. The first kappa shape index (κ1) is 9.39. The van der Waals surface area contributed by atoms with Crippen LogP contribution in [0.4, 0.5) is 0 Å². The molecule has 76 valence electrons. The molecule has 0 aliphatic carbocycles. The highest BCUT2D eigenvalue weighted by molar-refractivity contribution is 5.93. The molecule has 0 amide bonds. The van der Waals surface area contributed by atoms with Crippen LogP contribution < -0.4 is 0 Å². The second-order valence-electron chi connectivity index (χ2n) is 3.08. The molecule has 0 aromatic carbocycles. The molecule has 2 rings (SSSR count). The fraction of sp³-hybridized carbons (Fsp3) is 0.100. The molecule has 5 heteroatoms. The Balaban J connectivity index is 2.59. The van der Waals surface area contributed by atoms with Crippen molar-refractivity contribution >= 4 is 5.97 Å². The van der Waals surface area contributed by atoms with E-state index in [0.717, 1.165) is 5.56 Å². The largest absolute Gasteiger partial charge is 0.477 e. The van der Waals surface area contributed by atoms with Gasteiger partial charge in [0.15, 0.2) is 5.69 Å². The van der Waals surface area contributed by atoms with Crippen molar-refractivity contribution in [3.05, 3.63) is 36.4 Å². The fourth-order valence-electron chi connectivity index (χ4n) is 1.42. The average Bonchev–Trinajstić information content (AvgIpc) is 2.61. The van der Waals surface area contributed by atoms with E-state index in [1.807, 2.05) is 0 Å². The number of rotatable bonds is 2. The molecule has 0 radical (unpaired) electrons. The molecule has 15 heavy (non-hydrogen) atoms. The van der Waals surface area contributed by atoms with Crippen molar-refractivity contribution in [3.8, 4) is 11.1 Å². The highest BCUT2D eigenvalue weighted by Gasteiger charge is 2.16. The van der Waals surface area contributed by atoms with Crippen LogP contribution in [-0.2, 0) is 7.05 Å². The highest BCUT2D eigenvalue weighted by atomic mass is 16.4. The zero-order valence-electron chi connectivity index (χ0n) is 8.08. The van der Waals surface area contributed by atoms with Crippen molar-refractivity contribution in [2.45, 2.75) is 0 Å². The van der Waals surface area contributed by atoms with Crippen LogP contribution in [0.5, 0.6) is 0 Å². The van der Waals surface area contributed by atoms with E-state index < -0.39 is 5.97 Å². The Labute approximate surface area is 86.0 Å². The molecule has 0 aliphatic heterocycles. The van der Waals surface area contributed by atoms with E-state index in [1.54, 1.807) is 31.6 Å². The van der Waals surface area contributed by atoms with Crippen molar-refractivity contribution in [1.82, 2.24) is 14.8 Å². The van der Waals surface area contributed by atoms with Gasteiger partial charge in [-0.3, -0.25) is 9.67 Å². The van der Waals surface area contributed by atoms with Crippen molar-refractivity contribution in [3.63, 3.8) is 0 Å². The highest BCUT2D eigenvalue weighted by Crippen LogP contribution is 2.21. The summed E-state index contributed by atoms with van der Waals surface area (Å²) in [6.07, 6.45) is 4.78. The summed E-state index contributed by atoms with van der Waals surface area (Å²) in [5.41, 5.74) is 1.50. The van der Waals surface area contributed by atoms with Gasteiger partial charge < -0.3 is 5.11 Å². The van der Waals surface area contributed by atoms with Gasteiger partial charge in [0.05, 0.1) is 6.20 Å². The normalized spacial score (nSPS) is 10.2. The van der Waals surface area contributed by atoms with E-state index in [0.29, 0.717) is 5.56 Å². The Morgan fingerprint density at radius 3 is 2.87 bits per heavy atom. The van der Waals surface area contributed by atoms with Crippen LogP contribution >= 0.6 is 0 Å². The standard InChI is InChI=1S/C10H9N3O2/c1-13-9(10(14)15)8(6-12-13)7-3-2-4-11-5-7/h2-6H,1H3,(H,14,15). The molecule has 2 aromatic heterocycles. The number of nitrogens with zero attached hydrogens (tertiary/aromatic N) is 3. The maximum Gasteiger partial charge on any atom is 0.354 e. The number of pyridine rings is 1. The second-order valence-corrected chi connectivity index (χ2v) is 3.08. The molecule has 0 bridgehead atoms. The van der Waals surface area contributed by atoms with E-state index in [2.05, 4.69) is 10.1 Å². The lowest BCUT2D eigenvalue weighted by molar-refractivity contribution is 0.0686. The van der Waals surface area contributed by atoms with E-state index in [-0.39, 0.29) is 5.69 Å². The van der Waals surface area contributed by atoms with Gasteiger partial charge in [-0.1, -0.05) is 6.07 Å². The van der Waals surface area contributed by atoms with Crippen LogP contribution in [-0.4, -0.2) is 25.8 Å². The third-order valence-corrected chi connectivity index (χ3v) is 2.11. The number of carboxylic acids is 1. The van der Waals surface area contributed by atoms with Crippen LogP contribution in [0.25, 0.3) is 11.1 Å². The summed E-state index contributed by atoms with van der Waals surface area (Å²) in [4.78, 5) is 14.9. The monoisotopic (exact) mass is 203 g/mol. The molecule has 0 spiro atoms. The molecule has 2 aromatic rings. The predicted molar refractivity (Wildman–Crippen MR) is 53.4 cm³/mol. The number of hydrogen-bond acceptors (Lipinski definition) is 3. The van der Waals surface area contributed by atoms with Crippen LogP contribution in [0.2, 0.25) is 0 Å². The molecule has 0 fully saturated rings. The summed E-state index contributed by atoms with van der Waals surface area (Å²) in [7, 11) is 1.60. The van der Waals surface area contributed by atoms with Gasteiger partial charge in [0.1, 0.15) is 0 Å². The van der Waals surface area contributed by atoms with Gasteiger partial charge in [-0.05, 0) is 6.07 Å². The molecule has 0 saturated heterocycles. The van der Waals surface area contributed by atoms with Crippen molar-refractivity contribution < 1.29 is 9.90 Å². The molecule has 0 saturated carbocycles. The summed E-state index contributed by atoms with van der Waals surface area (Å²) in [5.74, 6) is -0.992. The van der Waals surface area contributed by atoms with Crippen LogP contribution in [0.15, 0.2) is 30.7 Å². The topological polar surface area (TPSA) is 68.0 Å². The summed E-state index contributed by atoms with van der Waals surface area (Å²) < 4.78 is 1.34. The second kappa shape index (κ2) is 3.53. The van der Waals surface area contributed by atoms with Crippen molar-refractivity contribution in [2.75, 3.05) is 0 Å². The van der Waals surface area contributed by atoms with Gasteiger partial charge >= 0.3 is 5.97 Å². The Bertz CT molecular complexity index is 491. The minimum Gasteiger partial charge on any atom is -0.477 e. The van der Waals surface area contributed by atoms with Crippen LogP contribution in [0, 0.1) is 0 Å². The minimum atomic E-state index is -0.992. The number of carboxylic acid groups (broad SMARTS) is 1. The van der Waals surface area contributed by atoms with Gasteiger partial charge in [0.2, 0.25) is 0 Å². The Kier molecular flexibility index (Phi) is 2.21.